The minimum Gasteiger partial charge on any atom is -0.375 e. The molecule has 20 heavy (non-hydrogen) atoms. The predicted octanol–water partition coefficient (Wildman–Crippen LogP) is 3.22. The maximum Gasteiger partial charge on any atom is 0.293 e. The number of rotatable bonds is 4. The summed E-state index contributed by atoms with van der Waals surface area (Å²) in [5, 5.41) is 22.6. The van der Waals surface area contributed by atoms with E-state index in [-0.39, 0.29) is 23.6 Å². The number of halogens is 1. The number of nitro groups is 1. The standard InChI is InChI=1S/C14H10FN3O2/c15-12-3-1-2-11(6-12)9-17-13-5-4-10(8-16)7-14(13)18(19)20/h1-7,17H,9H2. The summed E-state index contributed by atoms with van der Waals surface area (Å²) in [6.45, 7) is 0.254. The molecule has 0 aliphatic heterocycles. The molecule has 0 spiro atoms. The van der Waals surface area contributed by atoms with Crippen LogP contribution in [0.15, 0.2) is 42.5 Å². The van der Waals surface area contributed by atoms with E-state index < -0.39 is 4.92 Å². The molecule has 2 aromatic carbocycles. The fourth-order valence-electron chi connectivity index (χ4n) is 1.75. The van der Waals surface area contributed by atoms with Crippen LogP contribution >= 0.6 is 0 Å². The Morgan fingerprint density at radius 1 is 1.30 bits per heavy atom. The number of nitriles is 1. The van der Waals surface area contributed by atoms with Crippen LogP contribution in [0.1, 0.15) is 11.1 Å². The largest absolute Gasteiger partial charge is 0.375 e. The van der Waals surface area contributed by atoms with E-state index >= 15 is 0 Å². The lowest BCUT2D eigenvalue weighted by molar-refractivity contribution is -0.384. The van der Waals surface area contributed by atoms with E-state index in [1.54, 1.807) is 12.1 Å². The first-order valence-electron chi connectivity index (χ1n) is 5.77. The van der Waals surface area contributed by atoms with Gasteiger partial charge in [0.15, 0.2) is 0 Å². The van der Waals surface area contributed by atoms with Gasteiger partial charge < -0.3 is 5.32 Å². The molecular formula is C14H10FN3O2. The molecule has 0 saturated heterocycles. The zero-order valence-electron chi connectivity index (χ0n) is 10.3. The summed E-state index contributed by atoms with van der Waals surface area (Å²) in [4.78, 5) is 10.4. The van der Waals surface area contributed by atoms with Gasteiger partial charge in [-0.05, 0) is 29.8 Å². The van der Waals surface area contributed by atoms with Crippen LogP contribution in [-0.4, -0.2) is 4.92 Å². The Morgan fingerprint density at radius 3 is 2.75 bits per heavy atom. The van der Waals surface area contributed by atoms with Crippen molar-refractivity contribution in [2.45, 2.75) is 6.54 Å². The number of hydrogen-bond acceptors (Lipinski definition) is 4. The van der Waals surface area contributed by atoms with Gasteiger partial charge in [-0.3, -0.25) is 10.1 Å². The summed E-state index contributed by atoms with van der Waals surface area (Å²) >= 11 is 0. The zero-order valence-corrected chi connectivity index (χ0v) is 10.3. The van der Waals surface area contributed by atoms with E-state index in [2.05, 4.69) is 5.32 Å². The molecule has 0 bridgehead atoms. The first-order chi connectivity index (χ1) is 9.60. The predicted molar refractivity (Wildman–Crippen MR) is 71.5 cm³/mol. The molecule has 0 radical (unpaired) electrons. The quantitative estimate of drug-likeness (QED) is 0.684. The van der Waals surface area contributed by atoms with Crippen LogP contribution < -0.4 is 5.32 Å². The third kappa shape index (κ3) is 3.09. The lowest BCUT2D eigenvalue weighted by Crippen LogP contribution is -2.03. The van der Waals surface area contributed by atoms with Gasteiger partial charge in [0.25, 0.3) is 5.69 Å². The molecule has 0 aromatic heterocycles. The highest BCUT2D eigenvalue weighted by atomic mass is 19.1. The molecule has 0 aliphatic carbocycles. The molecule has 1 N–H and O–H groups in total. The summed E-state index contributed by atoms with van der Waals surface area (Å²) in [7, 11) is 0. The fourth-order valence-corrected chi connectivity index (χ4v) is 1.75. The van der Waals surface area contributed by atoms with Crippen LogP contribution in [0, 0.1) is 27.3 Å². The van der Waals surface area contributed by atoms with Crippen LogP contribution in [0.25, 0.3) is 0 Å². The molecule has 6 heteroatoms. The summed E-state index contributed by atoms with van der Waals surface area (Å²) in [6.07, 6.45) is 0. The van der Waals surface area contributed by atoms with Crippen molar-refractivity contribution in [3.63, 3.8) is 0 Å². The van der Waals surface area contributed by atoms with Crippen molar-refractivity contribution in [2.24, 2.45) is 0 Å². The summed E-state index contributed by atoms with van der Waals surface area (Å²) in [6, 6.07) is 12.0. The van der Waals surface area contributed by atoms with Crippen molar-refractivity contribution in [1.82, 2.24) is 0 Å². The van der Waals surface area contributed by atoms with Gasteiger partial charge in [0.05, 0.1) is 16.6 Å². The Labute approximate surface area is 114 Å². The van der Waals surface area contributed by atoms with Crippen molar-refractivity contribution < 1.29 is 9.31 Å². The Bertz CT molecular complexity index is 695. The highest BCUT2D eigenvalue weighted by Crippen LogP contribution is 2.25. The average molecular weight is 271 g/mol. The summed E-state index contributed by atoms with van der Waals surface area (Å²) < 4.78 is 13.0. The Kier molecular flexibility index (Phi) is 3.91. The minimum atomic E-state index is -0.561. The van der Waals surface area contributed by atoms with Crippen molar-refractivity contribution in [1.29, 1.82) is 5.26 Å². The first kappa shape index (κ1) is 13.5. The monoisotopic (exact) mass is 271 g/mol. The van der Waals surface area contributed by atoms with Gasteiger partial charge in [0.2, 0.25) is 0 Å². The molecule has 0 fully saturated rings. The minimum absolute atomic E-state index is 0.180. The lowest BCUT2D eigenvalue weighted by atomic mass is 10.1. The Hall–Kier alpha value is -2.94. The van der Waals surface area contributed by atoms with Crippen molar-refractivity contribution in [2.75, 3.05) is 5.32 Å². The van der Waals surface area contributed by atoms with Gasteiger partial charge >= 0.3 is 0 Å². The number of anilines is 1. The Balaban J connectivity index is 2.21. The third-order valence-corrected chi connectivity index (χ3v) is 2.70. The molecule has 0 heterocycles. The van der Waals surface area contributed by atoms with Crippen LogP contribution in [0.4, 0.5) is 15.8 Å². The van der Waals surface area contributed by atoms with Crippen LogP contribution in [0.3, 0.4) is 0 Å². The van der Waals surface area contributed by atoms with Gasteiger partial charge in [0, 0.05) is 12.6 Å². The highest BCUT2D eigenvalue weighted by molar-refractivity contribution is 5.64. The summed E-state index contributed by atoms with van der Waals surface area (Å²) in [5.41, 5.74) is 0.996. The smallest absolute Gasteiger partial charge is 0.293 e. The summed E-state index contributed by atoms with van der Waals surface area (Å²) in [5.74, 6) is -0.362. The second-order valence-corrected chi connectivity index (χ2v) is 4.08. The van der Waals surface area contributed by atoms with E-state index in [1.165, 1.54) is 30.3 Å². The lowest BCUT2D eigenvalue weighted by Gasteiger charge is -2.07. The molecular weight excluding hydrogens is 261 g/mol. The van der Waals surface area contributed by atoms with Gasteiger partial charge in [0.1, 0.15) is 11.5 Å². The van der Waals surface area contributed by atoms with Gasteiger partial charge in [-0.15, -0.1) is 0 Å². The molecule has 0 unspecified atom stereocenters. The van der Waals surface area contributed by atoms with Crippen LogP contribution in [0.2, 0.25) is 0 Å². The maximum atomic E-state index is 13.0. The number of benzene rings is 2. The molecule has 5 nitrogen and oxygen atoms in total. The van der Waals surface area contributed by atoms with Crippen LogP contribution in [0.5, 0.6) is 0 Å². The SMILES string of the molecule is N#Cc1ccc(NCc2cccc(F)c2)c([N+](=O)[O-])c1. The van der Waals surface area contributed by atoms with Crippen molar-refractivity contribution in [3.05, 3.63) is 69.5 Å². The van der Waals surface area contributed by atoms with E-state index in [4.69, 9.17) is 5.26 Å². The van der Waals surface area contributed by atoms with E-state index in [1.807, 2.05) is 6.07 Å². The Morgan fingerprint density at radius 2 is 2.10 bits per heavy atom. The first-order valence-corrected chi connectivity index (χ1v) is 5.77. The molecule has 0 amide bonds. The molecule has 100 valence electrons. The van der Waals surface area contributed by atoms with Crippen molar-refractivity contribution in [3.8, 4) is 6.07 Å². The second kappa shape index (κ2) is 5.80. The number of nitrogens with one attached hydrogen (secondary N) is 1. The number of nitrogens with zero attached hydrogens (tertiary/aromatic N) is 2. The maximum absolute atomic E-state index is 13.0. The average Bonchev–Trinajstić information content (AvgIpc) is 2.45. The molecule has 0 saturated carbocycles. The third-order valence-electron chi connectivity index (χ3n) is 2.70. The van der Waals surface area contributed by atoms with Crippen molar-refractivity contribution >= 4 is 11.4 Å². The molecule has 0 aliphatic rings. The normalized spacial score (nSPS) is 9.80. The molecule has 2 rings (SSSR count). The topological polar surface area (TPSA) is 79.0 Å². The second-order valence-electron chi connectivity index (χ2n) is 4.08. The van der Waals surface area contributed by atoms with E-state index in [9.17, 15) is 14.5 Å². The van der Waals surface area contributed by atoms with Crippen LogP contribution in [-0.2, 0) is 6.54 Å². The fraction of sp³-hybridized carbons (Fsp3) is 0.0714. The highest BCUT2D eigenvalue weighted by Gasteiger charge is 2.14. The van der Waals surface area contributed by atoms with Gasteiger partial charge in [-0.1, -0.05) is 12.1 Å². The van der Waals surface area contributed by atoms with Gasteiger partial charge in [-0.25, -0.2) is 4.39 Å². The van der Waals surface area contributed by atoms with Gasteiger partial charge in [-0.2, -0.15) is 5.26 Å². The molecule has 0 atom stereocenters. The van der Waals surface area contributed by atoms with E-state index in [0.29, 0.717) is 11.3 Å². The molecule has 2 aromatic rings. The zero-order chi connectivity index (χ0) is 14.5. The number of hydrogen-bond donors (Lipinski definition) is 1. The number of nitro benzene ring substituents is 1. The van der Waals surface area contributed by atoms with E-state index in [0.717, 1.165) is 0 Å².